The summed E-state index contributed by atoms with van der Waals surface area (Å²) in [7, 11) is -3.36. The van der Waals surface area contributed by atoms with E-state index in [1.807, 2.05) is 18.2 Å². The smallest absolute Gasteiger partial charge is 0.303 e. The largest absolute Gasteiger partial charge is 0.481 e. The van der Waals surface area contributed by atoms with Crippen LogP contribution in [0.15, 0.2) is 30.3 Å². The van der Waals surface area contributed by atoms with Crippen LogP contribution >= 0.6 is 0 Å². The zero-order chi connectivity index (χ0) is 14.6. The van der Waals surface area contributed by atoms with Gasteiger partial charge in [-0.1, -0.05) is 30.3 Å². The molecule has 0 spiro atoms. The Labute approximate surface area is 119 Å². The molecule has 1 fully saturated rings. The van der Waals surface area contributed by atoms with Crippen molar-refractivity contribution in [1.82, 2.24) is 4.31 Å². The minimum atomic E-state index is -3.36. The lowest BCUT2D eigenvalue weighted by molar-refractivity contribution is -0.138. The molecule has 1 unspecified atom stereocenters. The van der Waals surface area contributed by atoms with E-state index < -0.39 is 16.0 Å². The Morgan fingerprint density at radius 3 is 2.65 bits per heavy atom. The molecule has 1 aromatic carbocycles. The van der Waals surface area contributed by atoms with Crippen molar-refractivity contribution in [3.05, 3.63) is 35.9 Å². The van der Waals surface area contributed by atoms with Gasteiger partial charge in [-0.05, 0) is 24.3 Å². The highest BCUT2D eigenvalue weighted by molar-refractivity contribution is 7.88. The van der Waals surface area contributed by atoms with Crippen LogP contribution in [0.4, 0.5) is 0 Å². The van der Waals surface area contributed by atoms with Gasteiger partial charge in [0.15, 0.2) is 0 Å². The van der Waals surface area contributed by atoms with Gasteiger partial charge in [-0.15, -0.1) is 0 Å². The van der Waals surface area contributed by atoms with E-state index in [-0.39, 0.29) is 18.1 Å². The van der Waals surface area contributed by atoms with E-state index in [2.05, 4.69) is 0 Å². The molecule has 1 aromatic rings. The minimum Gasteiger partial charge on any atom is -0.481 e. The van der Waals surface area contributed by atoms with Crippen LogP contribution in [-0.2, 0) is 20.6 Å². The van der Waals surface area contributed by atoms with Crippen molar-refractivity contribution in [3.63, 3.8) is 0 Å². The maximum absolute atomic E-state index is 12.4. The maximum Gasteiger partial charge on any atom is 0.303 e. The second-order valence-corrected chi connectivity index (χ2v) is 7.17. The number of aliphatic carboxylic acids is 1. The average molecular weight is 297 g/mol. The normalized spacial score (nSPS) is 20.7. The first-order chi connectivity index (χ1) is 9.47. The fraction of sp³-hybridized carbons (Fsp3) is 0.500. The molecule has 110 valence electrons. The van der Waals surface area contributed by atoms with Gasteiger partial charge in [0.1, 0.15) is 0 Å². The van der Waals surface area contributed by atoms with Crippen molar-refractivity contribution in [2.75, 3.05) is 13.1 Å². The van der Waals surface area contributed by atoms with Gasteiger partial charge in [-0.2, -0.15) is 0 Å². The summed E-state index contributed by atoms with van der Waals surface area (Å²) in [6, 6.07) is 9.05. The van der Waals surface area contributed by atoms with Crippen molar-refractivity contribution in [2.45, 2.75) is 25.0 Å². The highest BCUT2D eigenvalue weighted by Gasteiger charge is 2.29. The molecule has 5 nitrogen and oxygen atoms in total. The predicted octanol–water partition coefficient (Wildman–Crippen LogP) is 1.70. The molecule has 6 heteroatoms. The van der Waals surface area contributed by atoms with Gasteiger partial charge in [-0.25, -0.2) is 12.7 Å². The van der Waals surface area contributed by atoms with Crippen molar-refractivity contribution in [3.8, 4) is 0 Å². The molecule has 1 aliphatic heterocycles. The van der Waals surface area contributed by atoms with Crippen LogP contribution in [0.25, 0.3) is 0 Å². The molecule has 1 atom stereocenters. The Bertz CT molecular complexity index is 556. The Balaban J connectivity index is 2.03. The number of piperidine rings is 1. The van der Waals surface area contributed by atoms with E-state index in [1.165, 1.54) is 4.31 Å². The number of sulfonamides is 1. The van der Waals surface area contributed by atoms with Crippen molar-refractivity contribution < 1.29 is 18.3 Å². The SMILES string of the molecule is O=C(O)CC1CCCN(S(=O)(=O)Cc2ccccc2)C1. The number of rotatable bonds is 5. The van der Waals surface area contributed by atoms with E-state index in [0.29, 0.717) is 13.1 Å². The molecule has 0 aliphatic carbocycles. The fourth-order valence-corrected chi connectivity index (χ4v) is 4.21. The topological polar surface area (TPSA) is 74.7 Å². The third kappa shape index (κ3) is 4.05. The maximum atomic E-state index is 12.4. The minimum absolute atomic E-state index is 0.0202. The number of hydrogen-bond donors (Lipinski definition) is 1. The van der Waals surface area contributed by atoms with E-state index in [4.69, 9.17) is 5.11 Å². The second kappa shape index (κ2) is 6.37. The lowest BCUT2D eigenvalue weighted by Gasteiger charge is -2.31. The number of benzene rings is 1. The van der Waals surface area contributed by atoms with Crippen LogP contribution in [0.2, 0.25) is 0 Å². The molecule has 20 heavy (non-hydrogen) atoms. The van der Waals surface area contributed by atoms with Crippen molar-refractivity contribution >= 4 is 16.0 Å². The van der Waals surface area contributed by atoms with Crippen LogP contribution < -0.4 is 0 Å². The lowest BCUT2D eigenvalue weighted by Crippen LogP contribution is -2.41. The Hall–Kier alpha value is -1.40. The monoisotopic (exact) mass is 297 g/mol. The molecule has 1 saturated heterocycles. The highest BCUT2D eigenvalue weighted by atomic mass is 32.2. The van der Waals surface area contributed by atoms with Crippen LogP contribution in [-0.4, -0.2) is 36.9 Å². The van der Waals surface area contributed by atoms with Gasteiger partial charge in [0.2, 0.25) is 10.0 Å². The van der Waals surface area contributed by atoms with Gasteiger partial charge in [0.25, 0.3) is 0 Å². The fourth-order valence-electron chi connectivity index (χ4n) is 2.57. The van der Waals surface area contributed by atoms with Gasteiger partial charge >= 0.3 is 5.97 Å². The molecule has 1 N–H and O–H groups in total. The number of carbonyl (C=O) groups is 1. The molecule has 0 aromatic heterocycles. The van der Waals surface area contributed by atoms with E-state index in [0.717, 1.165) is 18.4 Å². The van der Waals surface area contributed by atoms with E-state index in [9.17, 15) is 13.2 Å². The van der Waals surface area contributed by atoms with Gasteiger partial charge < -0.3 is 5.11 Å². The van der Waals surface area contributed by atoms with Gasteiger partial charge in [-0.3, -0.25) is 4.79 Å². The van der Waals surface area contributed by atoms with Gasteiger partial charge in [0, 0.05) is 19.5 Å². The first kappa shape index (κ1) is 15.0. The molecule has 1 aliphatic rings. The molecule has 0 saturated carbocycles. The number of carboxylic acids is 1. The summed E-state index contributed by atoms with van der Waals surface area (Å²) in [5.74, 6) is -0.961. The second-order valence-electron chi connectivity index (χ2n) is 5.21. The summed E-state index contributed by atoms with van der Waals surface area (Å²) in [4.78, 5) is 10.7. The summed E-state index contributed by atoms with van der Waals surface area (Å²) in [5, 5.41) is 8.82. The average Bonchev–Trinajstić information content (AvgIpc) is 2.39. The summed E-state index contributed by atoms with van der Waals surface area (Å²) in [5.41, 5.74) is 0.757. The zero-order valence-corrected chi connectivity index (χ0v) is 12.1. The van der Waals surface area contributed by atoms with E-state index in [1.54, 1.807) is 12.1 Å². The van der Waals surface area contributed by atoms with E-state index >= 15 is 0 Å². The van der Waals surface area contributed by atoms with Crippen molar-refractivity contribution in [2.24, 2.45) is 5.92 Å². The summed E-state index contributed by atoms with van der Waals surface area (Å²) in [6.07, 6.45) is 1.55. The lowest BCUT2D eigenvalue weighted by atomic mass is 9.96. The van der Waals surface area contributed by atoms with Crippen LogP contribution in [0.3, 0.4) is 0 Å². The molecule has 0 amide bonds. The summed E-state index contributed by atoms with van der Waals surface area (Å²) in [6.45, 7) is 0.812. The molecule has 2 rings (SSSR count). The standard InChI is InChI=1S/C14H19NO4S/c16-14(17)9-13-7-4-8-15(10-13)20(18,19)11-12-5-2-1-3-6-12/h1-3,5-6,13H,4,7-11H2,(H,16,17). The molecular formula is C14H19NO4S. The number of hydrogen-bond acceptors (Lipinski definition) is 3. The third-order valence-corrected chi connectivity index (χ3v) is 5.35. The Morgan fingerprint density at radius 1 is 1.30 bits per heavy atom. The molecule has 0 bridgehead atoms. The van der Waals surface area contributed by atoms with Gasteiger partial charge in [0.05, 0.1) is 5.75 Å². The van der Waals surface area contributed by atoms with Crippen LogP contribution in [0, 0.1) is 5.92 Å². The quantitative estimate of drug-likeness (QED) is 0.897. The predicted molar refractivity (Wildman–Crippen MR) is 75.6 cm³/mol. The van der Waals surface area contributed by atoms with Crippen LogP contribution in [0.1, 0.15) is 24.8 Å². The molecule has 0 radical (unpaired) electrons. The number of nitrogens with zero attached hydrogens (tertiary/aromatic N) is 1. The first-order valence-corrected chi connectivity index (χ1v) is 8.32. The highest BCUT2D eigenvalue weighted by Crippen LogP contribution is 2.23. The molecule has 1 heterocycles. The summed E-state index contributed by atoms with van der Waals surface area (Å²) >= 11 is 0. The first-order valence-electron chi connectivity index (χ1n) is 6.71. The Kier molecular flexibility index (Phi) is 4.77. The third-order valence-electron chi connectivity index (χ3n) is 3.53. The number of carboxylic acid groups (broad SMARTS) is 1. The van der Waals surface area contributed by atoms with Crippen LogP contribution in [0.5, 0.6) is 0 Å². The molecular weight excluding hydrogens is 278 g/mol. The van der Waals surface area contributed by atoms with Crippen molar-refractivity contribution in [1.29, 1.82) is 0 Å². The summed E-state index contributed by atoms with van der Waals surface area (Å²) < 4.78 is 26.2. The zero-order valence-electron chi connectivity index (χ0n) is 11.2. The Morgan fingerprint density at radius 2 is 2.00 bits per heavy atom.